The van der Waals surface area contributed by atoms with Crippen LogP contribution in [0.3, 0.4) is 0 Å². The van der Waals surface area contributed by atoms with Gasteiger partial charge < -0.3 is 45.2 Å². The minimum Gasteiger partial charge on any atom is -1.00 e. The van der Waals surface area contributed by atoms with E-state index in [2.05, 4.69) is 29.6 Å². The summed E-state index contributed by atoms with van der Waals surface area (Å²) in [5, 5.41) is 24.3. The zero-order valence-electron chi connectivity index (χ0n) is 20.6. The van der Waals surface area contributed by atoms with Gasteiger partial charge in [0.25, 0.3) is 0 Å². The molecule has 0 radical (unpaired) electrons. The number of halogens is 2. The Hall–Kier alpha value is -1.47. The van der Waals surface area contributed by atoms with E-state index in [4.69, 9.17) is 0 Å². The Bertz CT molecular complexity index is 902. The van der Waals surface area contributed by atoms with Gasteiger partial charge in [0.05, 0.1) is 37.6 Å². The molecule has 2 aromatic carbocycles. The highest BCUT2D eigenvalue weighted by Gasteiger charge is 2.54. The number of nitrogens with one attached hydrogen (secondary N) is 1. The van der Waals surface area contributed by atoms with Crippen molar-refractivity contribution in [2.24, 2.45) is 11.8 Å². The van der Waals surface area contributed by atoms with E-state index >= 15 is 0 Å². The number of carbonyl (C=O) groups excluding carboxylic acids is 1. The lowest BCUT2D eigenvalue weighted by Crippen LogP contribution is -3.15. The summed E-state index contributed by atoms with van der Waals surface area (Å²) >= 11 is 0. The summed E-state index contributed by atoms with van der Waals surface area (Å²) in [6.07, 6.45) is 3.80. The Kier molecular flexibility index (Phi) is 11.7. The van der Waals surface area contributed by atoms with Crippen molar-refractivity contribution in [2.45, 2.75) is 63.3 Å². The minimum absolute atomic E-state index is 0. The number of benzene rings is 2. The monoisotopic (exact) mass is 522 g/mol. The Morgan fingerprint density at radius 2 is 1.71 bits per heavy atom. The lowest BCUT2D eigenvalue weighted by molar-refractivity contribution is -0.928. The van der Waals surface area contributed by atoms with Gasteiger partial charge in [-0.15, -0.1) is 0 Å². The molecule has 35 heavy (non-hydrogen) atoms. The lowest BCUT2D eigenvalue weighted by Gasteiger charge is -2.49. The number of carbonyl (C=O) groups is 1. The Morgan fingerprint density at radius 1 is 1.06 bits per heavy atom. The fraction of sp³-hybridized carbons (Fsp3) is 0.536. The maximum Gasteiger partial charge on any atom is 0.150 e. The highest BCUT2D eigenvalue weighted by atomic mass is 35.5. The normalized spacial score (nSPS) is 27.5. The summed E-state index contributed by atoms with van der Waals surface area (Å²) in [6, 6.07) is 20.1. The van der Waals surface area contributed by atoms with E-state index < -0.39 is 11.7 Å². The number of aliphatic hydroxyl groups excluding tert-OH is 1. The van der Waals surface area contributed by atoms with E-state index in [1.807, 2.05) is 43.3 Å². The number of rotatable bonds is 9. The molecule has 0 aromatic heterocycles. The number of hydrogen-bond acceptors (Lipinski definition) is 3. The number of Topliss-reactive ketones (excluding diaryl/α,β-unsaturated/α-hetero) is 1. The van der Waals surface area contributed by atoms with Gasteiger partial charge in [0.1, 0.15) is 24.5 Å². The first-order chi connectivity index (χ1) is 16.0. The van der Waals surface area contributed by atoms with E-state index in [1.165, 1.54) is 10.5 Å². The van der Waals surface area contributed by atoms with Crippen molar-refractivity contribution in [1.82, 2.24) is 0 Å². The number of fused-ring (bicyclic) bond motifs is 1. The van der Waals surface area contributed by atoms with E-state index in [-0.39, 0.29) is 48.5 Å². The number of nitrogens with two attached hydrogens (primary N) is 1. The van der Waals surface area contributed by atoms with Crippen molar-refractivity contribution < 1.29 is 50.0 Å². The molecule has 1 saturated carbocycles. The van der Waals surface area contributed by atoms with Crippen LogP contribution in [0.15, 0.2) is 60.7 Å². The second-order valence-corrected chi connectivity index (χ2v) is 10.3. The third kappa shape index (κ3) is 7.28. The van der Waals surface area contributed by atoms with E-state index in [0.717, 1.165) is 44.3 Å². The fourth-order valence-electron chi connectivity index (χ4n) is 6.05. The van der Waals surface area contributed by atoms with Gasteiger partial charge >= 0.3 is 0 Å². The van der Waals surface area contributed by atoms with Crippen molar-refractivity contribution in [3.8, 4) is 0 Å². The zero-order chi connectivity index (χ0) is 23.3. The fourth-order valence-corrected chi connectivity index (χ4v) is 6.05. The first-order valence-electron chi connectivity index (χ1n) is 12.7. The third-order valence-corrected chi connectivity index (χ3v) is 7.97. The smallest absolute Gasteiger partial charge is 0.150 e. The van der Waals surface area contributed by atoms with Crippen molar-refractivity contribution >= 4 is 5.78 Å². The summed E-state index contributed by atoms with van der Waals surface area (Å²) in [6.45, 7) is 5.20. The molecule has 0 bridgehead atoms. The molecule has 0 spiro atoms. The summed E-state index contributed by atoms with van der Waals surface area (Å²) in [5.74, 6) is 0.0980. The Morgan fingerprint density at radius 3 is 2.40 bits per heavy atom. The van der Waals surface area contributed by atoms with Gasteiger partial charge in [0.2, 0.25) is 0 Å². The molecule has 7 heteroatoms. The number of piperidine rings is 1. The maximum absolute atomic E-state index is 13.4. The van der Waals surface area contributed by atoms with Crippen LogP contribution in [0.1, 0.15) is 56.3 Å². The van der Waals surface area contributed by atoms with Crippen molar-refractivity contribution in [3.05, 3.63) is 71.8 Å². The van der Waals surface area contributed by atoms with Gasteiger partial charge in [0, 0.05) is 11.5 Å². The average molecular weight is 524 g/mol. The van der Waals surface area contributed by atoms with Crippen molar-refractivity contribution in [2.75, 3.05) is 19.6 Å². The molecular formula is C28H40Cl2N2O3. The summed E-state index contributed by atoms with van der Waals surface area (Å²) in [5.41, 5.74) is 1.35. The molecule has 2 aliphatic rings. The number of aliphatic hydroxyl groups is 2. The standard InChI is InChI=1S/C28H38N2O3.2ClH/c1-21(27(32)23-12-6-3-7-13-23)29-17-15-26(31)25-20-30(18-22-10-4-2-5-11-22)19-24-14-8-9-16-28(24,25)33;;/h2-7,10-13,21,24-25,27,29,32-33H,8-9,14-20H2,1H3;2*1H. The van der Waals surface area contributed by atoms with E-state index in [1.54, 1.807) is 0 Å². The van der Waals surface area contributed by atoms with Crippen molar-refractivity contribution in [1.29, 1.82) is 0 Å². The molecule has 5 N–H and O–H groups in total. The van der Waals surface area contributed by atoms with Gasteiger partial charge in [-0.05, 0) is 25.3 Å². The third-order valence-electron chi connectivity index (χ3n) is 7.97. The van der Waals surface area contributed by atoms with Crippen LogP contribution in [0.25, 0.3) is 0 Å². The van der Waals surface area contributed by atoms with Gasteiger partial charge in [-0.25, -0.2) is 0 Å². The average Bonchev–Trinajstić information content (AvgIpc) is 2.84. The van der Waals surface area contributed by atoms with Crippen LogP contribution in [-0.4, -0.2) is 47.3 Å². The number of hydrogen-bond donors (Lipinski definition) is 4. The Labute approximate surface area is 222 Å². The predicted octanol–water partition coefficient (Wildman–Crippen LogP) is -4.72. The van der Waals surface area contributed by atoms with Crippen LogP contribution >= 0.6 is 0 Å². The molecular weight excluding hydrogens is 483 g/mol. The number of quaternary nitrogens is 2. The molecule has 6 unspecified atom stereocenters. The number of likely N-dealkylation sites (tertiary alicyclic amines) is 1. The first-order valence-corrected chi connectivity index (χ1v) is 12.7. The van der Waals surface area contributed by atoms with Crippen LogP contribution in [-0.2, 0) is 11.3 Å². The molecule has 2 fully saturated rings. The largest absolute Gasteiger partial charge is 1.00 e. The van der Waals surface area contributed by atoms with Crippen LogP contribution in [0.5, 0.6) is 0 Å². The molecule has 2 aromatic rings. The molecule has 1 heterocycles. The molecule has 1 saturated heterocycles. The second-order valence-electron chi connectivity index (χ2n) is 10.3. The van der Waals surface area contributed by atoms with Gasteiger partial charge in [-0.3, -0.25) is 4.79 Å². The van der Waals surface area contributed by atoms with Crippen LogP contribution in [0.2, 0.25) is 0 Å². The summed E-state index contributed by atoms with van der Waals surface area (Å²) < 4.78 is 0. The van der Waals surface area contributed by atoms with Gasteiger partial charge in [-0.1, -0.05) is 73.5 Å². The molecule has 4 rings (SSSR count). The Balaban J connectivity index is 0.00000216. The lowest BCUT2D eigenvalue weighted by atomic mass is 9.64. The van der Waals surface area contributed by atoms with E-state index in [9.17, 15) is 15.0 Å². The van der Waals surface area contributed by atoms with E-state index in [0.29, 0.717) is 19.5 Å². The van der Waals surface area contributed by atoms with Gasteiger partial charge in [-0.2, -0.15) is 0 Å². The molecule has 1 aliphatic heterocycles. The SMILES string of the molecule is CC([NH2+]CCC(=O)C1C[NH+](Cc2ccccc2)CC2CCCCC21O)C(O)c1ccccc1.[Cl-].[Cl-]. The maximum atomic E-state index is 13.4. The molecule has 194 valence electrons. The second kappa shape index (κ2) is 13.7. The highest BCUT2D eigenvalue weighted by molar-refractivity contribution is 5.82. The first kappa shape index (κ1) is 29.8. The molecule has 0 amide bonds. The predicted molar refractivity (Wildman–Crippen MR) is 129 cm³/mol. The van der Waals surface area contributed by atoms with Crippen molar-refractivity contribution in [3.63, 3.8) is 0 Å². The highest BCUT2D eigenvalue weighted by Crippen LogP contribution is 2.40. The molecule has 5 nitrogen and oxygen atoms in total. The van der Waals surface area contributed by atoms with Crippen LogP contribution < -0.4 is 35.0 Å². The molecule has 1 aliphatic carbocycles. The summed E-state index contributed by atoms with van der Waals surface area (Å²) in [7, 11) is 0. The minimum atomic E-state index is -0.843. The quantitative estimate of drug-likeness (QED) is 0.267. The van der Waals surface area contributed by atoms with Crippen LogP contribution in [0.4, 0.5) is 0 Å². The topological polar surface area (TPSA) is 78.6 Å². The molecule has 6 atom stereocenters. The van der Waals surface area contributed by atoms with Gasteiger partial charge in [0.15, 0.2) is 0 Å². The summed E-state index contributed by atoms with van der Waals surface area (Å²) in [4.78, 5) is 14.8. The van der Waals surface area contributed by atoms with Crippen LogP contribution in [0, 0.1) is 11.8 Å². The zero-order valence-corrected chi connectivity index (χ0v) is 22.1. The number of ketones is 1.